The van der Waals surface area contributed by atoms with Crippen LogP contribution in [0.3, 0.4) is 0 Å². The molecule has 0 heterocycles. The molecule has 4 heteroatoms. The Bertz CT molecular complexity index is 418. The number of carbonyl (C=O) groups excluding carboxylic acids is 1. The molecule has 17 heavy (non-hydrogen) atoms. The third-order valence-corrected chi connectivity index (χ3v) is 4.44. The number of aryl methyl sites for hydroxylation is 1. The van der Waals surface area contributed by atoms with Gasteiger partial charge in [-0.05, 0) is 61.4 Å². The van der Waals surface area contributed by atoms with Crippen LogP contribution in [0.1, 0.15) is 36.2 Å². The average Bonchev–Trinajstić information content (AvgIpc) is 2.21. The van der Waals surface area contributed by atoms with Crippen molar-refractivity contribution in [3.63, 3.8) is 0 Å². The molecule has 0 saturated heterocycles. The van der Waals surface area contributed by atoms with Gasteiger partial charge in [0.05, 0.1) is 5.56 Å². The van der Waals surface area contributed by atoms with Crippen molar-refractivity contribution in [2.75, 3.05) is 5.33 Å². The van der Waals surface area contributed by atoms with Crippen molar-refractivity contribution < 1.29 is 4.79 Å². The Morgan fingerprint density at radius 1 is 1.47 bits per heavy atom. The molecule has 1 aromatic carbocycles. The number of nitrogens with one attached hydrogen (secondary N) is 1. The molecular formula is C13H17BrINO. The molecule has 0 radical (unpaired) electrons. The zero-order chi connectivity index (χ0) is 13.1. The molecule has 1 aromatic rings. The van der Waals surface area contributed by atoms with E-state index in [2.05, 4.69) is 43.8 Å². The van der Waals surface area contributed by atoms with Crippen LogP contribution in [-0.4, -0.2) is 16.8 Å². The van der Waals surface area contributed by atoms with Gasteiger partial charge in [0.15, 0.2) is 0 Å². The van der Waals surface area contributed by atoms with Gasteiger partial charge >= 0.3 is 0 Å². The van der Waals surface area contributed by atoms with Gasteiger partial charge in [-0.3, -0.25) is 4.79 Å². The summed E-state index contributed by atoms with van der Waals surface area (Å²) in [5, 5.41) is 3.95. The fourth-order valence-corrected chi connectivity index (χ4v) is 3.09. The second-order valence-electron chi connectivity index (χ2n) is 4.71. The second-order valence-corrected chi connectivity index (χ2v) is 6.59. The van der Waals surface area contributed by atoms with Gasteiger partial charge in [-0.2, -0.15) is 0 Å². The summed E-state index contributed by atoms with van der Waals surface area (Å²) in [5.41, 5.74) is 1.71. The molecule has 1 N–H and O–H groups in total. The van der Waals surface area contributed by atoms with E-state index in [-0.39, 0.29) is 11.4 Å². The molecule has 0 aliphatic carbocycles. The molecule has 0 aliphatic rings. The minimum Gasteiger partial charge on any atom is -0.347 e. The molecule has 94 valence electrons. The molecule has 1 rings (SSSR count). The predicted octanol–water partition coefficient (Wildman–Crippen LogP) is 3.89. The van der Waals surface area contributed by atoms with E-state index in [4.69, 9.17) is 0 Å². The summed E-state index contributed by atoms with van der Waals surface area (Å²) in [5.74, 6) is 0.00375. The molecule has 0 spiro atoms. The Morgan fingerprint density at radius 3 is 2.71 bits per heavy atom. The van der Waals surface area contributed by atoms with E-state index in [1.165, 1.54) is 0 Å². The highest BCUT2D eigenvalue weighted by atomic mass is 127. The Hall–Kier alpha value is -0.100. The van der Waals surface area contributed by atoms with Gasteiger partial charge in [0.1, 0.15) is 0 Å². The monoisotopic (exact) mass is 409 g/mol. The summed E-state index contributed by atoms with van der Waals surface area (Å²) in [6.07, 6.45) is 0.904. The van der Waals surface area contributed by atoms with Crippen molar-refractivity contribution in [2.45, 2.75) is 32.7 Å². The third kappa shape index (κ3) is 4.25. The number of hydrogen-bond acceptors (Lipinski definition) is 1. The minimum atomic E-state index is -0.187. The summed E-state index contributed by atoms with van der Waals surface area (Å²) < 4.78 is 1.03. The first-order valence-corrected chi connectivity index (χ1v) is 7.71. The summed E-state index contributed by atoms with van der Waals surface area (Å²) in [7, 11) is 0. The van der Waals surface area contributed by atoms with Gasteiger partial charge in [-0.25, -0.2) is 0 Å². The quantitative estimate of drug-likeness (QED) is 0.593. The van der Waals surface area contributed by atoms with Crippen molar-refractivity contribution in [3.8, 4) is 0 Å². The van der Waals surface area contributed by atoms with Crippen LogP contribution in [0, 0.1) is 10.5 Å². The third-order valence-electron chi connectivity index (χ3n) is 2.61. The van der Waals surface area contributed by atoms with E-state index in [0.29, 0.717) is 0 Å². The van der Waals surface area contributed by atoms with Crippen LogP contribution >= 0.6 is 38.5 Å². The zero-order valence-corrected chi connectivity index (χ0v) is 14.1. The molecular weight excluding hydrogens is 393 g/mol. The van der Waals surface area contributed by atoms with Crippen molar-refractivity contribution >= 4 is 44.4 Å². The highest BCUT2D eigenvalue weighted by molar-refractivity contribution is 14.1. The molecule has 0 unspecified atom stereocenters. The highest BCUT2D eigenvalue weighted by Crippen LogP contribution is 2.18. The maximum absolute atomic E-state index is 12.2. The smallest absolute Gasteiger partial charge is 0.252 e. The SMILES string of the molecule is Cc1cccc(C(=O)NC(C)(C)CCBr)c1I. The lowest BCUT2D eigenvalue weighted by atomic mass is 10.0. The summed E-state index contributed by atoms with van der Waals surface area (Å²) >= 11 is 5.63. The van der Waals surface area contributed by atoms with Crippen LogP contribution in [-0.2, 0) is 0 Å². The maximum Gasteiger partial charge on any atom is 0.252 e. The number of carbonyl (C=O) groups is 1. The fourth-order valence-electron chi connectivity index (χ4n) is 1.50. The normalized spacial score (nSPS) is 11.4. The number of amides is 1. The molecule has 0 aliphatic heterocycles. The Kier molecular flexibility index (Phi) is 5.44. The molecule has 0 bridgehead atoms. The number of alkyl halides is 1. The van der Waals surface area contributed by atoms with Crippen LogP contribution < -0.4 is 5.32 Å². The fraction of sp³-hybridized carbons (Fsp3) is 0.462. The number of rotatable bonds is 4. The van der Waals surface area contributed by atoms with Crippen LogP contribution in [0.4, 0.5) is 0 Å². The van der Waals surface area contributed by atoms with E-state index in [9.17, 15) is 4.79 Å². The van der Waals surface area contributed by atoms with Gasteiger partial charge < -0.3 is 5.32 Å². The Morgan fingerprint density at radius 2 is 2.12 bits per heavy atom. The largest absolute Gasteiger partial charge is 0.347 e. The predicted molar refractivity (Wildman–Crippen MR) is 83.9 cm³/mol. The van der Waals surface area contributed by atoms with Crippen LogP contribution in [0.25, 0.3) is 0 Å². The van der Waals surface area contributed by atoms with Crippen LogP contribution in [0.2, 0.25) is 0 Å². The number of benzene rings is 1. The minimum absolute atomic E-state index is 0.00375. The lowest BCUT2D eigenvalue weighted by Crippen LogP contribution is -2.43. The van der Waals surface area contributed by atoms with E-state index < -0.39 is 0 Å². The van der Waals surface area contributed by atoms with E-state index in [1.807, 2.05) is 39.0 Å². The van der Waals surface area contributed by atoms with E-state index in [0.717, 1.165) is 26.4 Å². The molecule has 0 atom stereocenters. The van der Waals surface area contributed by atoms with Gasteiger partial charge in [0.25, 0.3) is 5.91 Å². The first-order chi connectivity index (χ1) is 7.87. The van der Waals surface area contributed by atoms with Gasteiger partial charge in [0.2, 0.25) is 0 Å². The molecule has 0 aromatic heterocycles. The van der Waals surface area contributed by atoms with Gasteiger partial charge in [-0.15, -0.1) is 0 Å². The number of halogens is 2. The lowest BCUT2D eigenvalue weighted by Gasteiger charge is -2.25. The van der Waals surface area contributed by atoms with Crippen molar-refractivity contribution in [1.82, 2.24) is 5.32 Å². The average molecular weight is 410 g/mol. The Labute approximate surface area is 125 Å². The van der Waals surface area contributed by atoms with E-state index >= 15 is 0 Å². The topological polar surface area (TPSA) is 29.1 Å². The van der Waals surface area contributed by atoms with Gasteiger partial charge in [-0.1, -0.05) is 28.1 Å². The first-order valence-electron chi connectivity index (χ1n) is 5.51. The molecule has 0 fully saturated rings. The summed E-state index contributed by atoms with van der Waals surface area (Å²) in [6.45, 7) is 6.09. The summed E-state index contributed by atoms with van der Waals surface area (Å²) in [6, 6.07) is 5.81. The highest BCUT2D eigenvalue weighted by Gasteiger charge is 2.21. The molecule has 0 saturated carbocycles. The zero-order valence-electron chi connectivity index (χ0n) is 10.3. The van der Waals surface area contributed by atoms with Gasteiger partial charge in [0, 0.05) is 14.4 Å². The van der Waals surface area contributed by atoms with Crippen molar-refractivity contribution in [1.29, 1.82) is 0 Å². The van der Waals surface area contributed by atoms with Crippen molar-refractivity contribution in [2.24, 2.45) is 0 Å². The standard InChI is InChI=1S/C13H17BrINO/c1-9-5-4-6-10(11(9)15)12(17)16-13(2,3)7-8-14/h4-6H,7-8H2,1-3H3,(H,16,17). The molecule has 1 amide bonds. The summed E-state index contributed by atoms with van der Waals surface area (Å²) in [4.78, 5) is 12.2. The number of hydrogen-bond donors (Lipinski definition) is 1. The Balaban J connectivity index is 2.87. The lowest BCUT2D eigenvalue weighted by molar-refractivity contribution is 0.0911. The van der Waals surface area contributed by atoms with Crippen molar-refractivity contribution in [3.05, 3.63) is 32.9 Å². The second kappa shape index (κ2) is 6.18. The van der Waals surface area contributed by atoms with Crippen LogP contribution in [0.5, 0.6) is 0 Å². The first kappa shape index (κ1) is 15.0. The van der Waals surface area contributed by atoms with E-state index in [1.54, 1.807) is 0 Å². The molecule has 2 nitrogen and oxygen atoms in total. The van der Waals surface area contributed by atoms with Crippen LogP contribution in [0.15, 0.2) is 18.2 Å². The maximum atomic E-state index is 12.2.